The Hall–Kier alpha value is -2.04. The van der Waals surface area contributed by atoms with Gasteiger partial charge in [0.2, 0.25) is 0 Å². The summed E-state index contributed by atoms with van der Waals surface area (Å²) < 4.78 is 4.60. The Kier molecular flexibility index (Phi) is 2.76. The lowest BCUT2D eigenvalue weighted by Crippen LogP contribution is -2.24. The van der Waals surface area contributed by atoms with Crippen molar-refractivity contribution in [2.75, 3.05) is 25.5 Å². The predicted octanol–water partition coefficient (Wildman–Crippen LogP) is 0.628. The molecule has 2 N–H and O–H groups in total. The number of amides is 1. The predicted molar refractivity (Wildman–Crippen MR) is 58.6 cm³/mol. The second-order valence-corrected chi connectivity index (χ2v) is 3.43. The summed E-state index contributed by atoms with van der Waals surface area (Å²) in [5.74, 6) is -0.620. The number of hydrogen-bond donors (Lipinski definition) is 2. The smallest absolute Gasteiger partial charge is 0.337 e. The Morgan fingerprint density at radius 2 is 2.06 bits per heavy atom. The molecule has 0 radical (unpaired) electrons. The first-order valence-electron chi connectivity index (χ1n) is 4.97. The highest BCUT2D eigenvalue weighted by Gasteiger charge is 2.17. The number of anilines is 1. The summed E-state index contributed by atoms with van der Waals surface area (Å²) >= 11 is 0. The zero-order valence-corrected chi connectivity index (χ0v) is 8.87. The second-order valence-electron chi connectivity index (χ2n) is 3.43. The molecule has 2 rings (SSSR count). The molecule has 1 amide bonds. The molecule has 5 nitrogen and oxygen atoms in total. The molecule has 0 aliphatic carbocycles. The van der Waals surface area contributed by atoms with E-state index in [9.17, 15) is 9.59 Å². The maximum absolute atomic E-state index is 11.7. The number of methoxy groups -OCH3 is 1. The number of carbonyl (C=O) groups excluding carboxylic acids is 2. The Morgan fingerprint density at radius 3 is 2.81 bits per heavy atom. The fraction of sp³-hybridized carbons (Fsp3) is 0.273. The molecule has 0 saturated carbocycles. The Morgan fingerprint density at radius 1 is 1.31 bits per heavy atom. The summed E-state index contributed by atoms with van der Waals surface area (Å²) in [6.45, 7) is 1.25. The van der Waals surface area contributed by atoms with Gasteiger partial charge in [-0.25, -0.2) is 4.79 Å². The first kappa shape index (κ1) is 10.5. The zero-order valence-electron chi connectivity index (χ0n) is 8.87. The molecule has 0 atom stereocenters. The van der Waals surface area contributed by atoms with Crippen molar-refractivity contribution in [2.45, 2.75) is 0 Å². The van der Waals surface area contributed by atoms with Gasteiger partial charge in [0.15, 0.2) is 0 Å². The highest BCUT2D eigenvalue weighted by atomic mass is 16.5. The lowest BCUT2D eigenvalue weighted by molar-refractivity contribution is 0.0601. The third-order valence-electron chi connectivity index (χ3n) is 2.41. The molecule has 0 fully saturated rings. The van der Waals surface area contributed by atoms with Crippen LogP contribution in [0.4, 0.5) is 5.69 Å². The summed E-state index contributed by atoms with van der Waals surface area (Å²) in [5, 5.41) is 5.84. The average molecular weight is 220 g/mol. The summed E-state index contributed by atoms with van der Waals surface area (Å²) in [6.07, 6.45) is 0. The van der Waals surface area contributed by atoms with Crippen molar-refractivity contribution in [1.82, 2.24) is 5.32 Å². The number of carbonyl (C=O) groups is 2. The van der Waals surface area contributed by atoms with Gasteiger partial charge >= 0.3 is 5.97 Å². The van der Waals surface area contributed by atoms with Gasteiger partial charge in [-0.15, -0.1) is 0 Å². The number of esters is 1. The van der Waals surface area contributed by atoms with E-state index in [1.54, 1.807) is 12.1 Å². The van der Waals surface area contributed by atoms with Gasteiger partial charge in [-0.3, -0.25) is 4.79 Å². The minimum Gasteiger partial charge on any atom is -0.465 e. The summed E-state index contributed by atoms with van der Waals surface area (Å²) in [7, 11) is 1.31. The summed E-state index contributed by atoms with van der Waals surface area (Å²) in [4.78, 5) is 23.0. The van der Waals surface area contributed by atoms with Crippen molar-refractivity contribution in [1.29, 1.82) is 0 Å². The van der Waals surface area contributed by atoms with Crippen molar-refractivity contribution in [2.24, 2.45) is 0 Å². The van der Waals surface area contributed by atoms with Gasteiger partial charge in [0.05, 0.1) is 18.2 Å². The molecule has 84 valence electrons. The molecule has 0 spiro atoms. The quantitative estimate of drug-likeness (QED) is 0.681. The molecule has 1 heterocycles. The first-order chi connectivity index (χ1) is 7.72. The lowest BCUT2D eigenvalue weighted by Gasteiger charge is -2.07. The van der Waals surface area contributed by atoms with Crippen LogP contribution >= 0.6 is 0 Å². The largest absolute Gasteiger partial charge is 0.465 e. The monoisotopic (exact) mass is 220 g/mol. The van der Waals surface area contributed by atoms with Crippen LogP contribution in [0.2, 0.25) is 0 Å². The highest BCUT2D eigenvalue weighted by Crippen LogP contribution is 2.19. The van der Waals surface area contributed by atoms with Crippen molar-refractivity contribution in [3.63, 3.8) is 0 Å². The fourth-order valence-electron chi connectivity index (χ4n) is 1.60. The van der Waals surface area contributed by atoms with E-state index in [2.05, 4.69) is 15.4 Å². The van der Waals surface area contributed by atoms with Crippen molar-refractivity contribution < 1.29 is 14.3 Å². The number of benzene rings is 1. The minimum atomic E-state index is -0.445. The van der Waals surface area contributed by atoms with Gasteiger partial charge in [-0.1, -0.05) is 0 Å². The molecule has 16 heavy (non-hydrogen) atoms. The van der Waals surface area contributed by atoms with Gasteiger partial charge in [-0.05, 0) is 18.2 Å². The number of nitrogens with one attached hydrogen (secondary N) is 2. The molecular formula is C11H12N2O3. The van der Waals surface area contributed by atoms with Crippen molar-refractivity contribution in [3.05, 3.63) is 29.3 Å². The first-order valence-corrected chi connectivity index (χ1v) is 4.97. The van der Waals surface area contributed by atoms with E-state index in [-0.39, 0.29) is 5.91 Å². The molecule has 0 aromatic heterocycles. The number of rotatable bonds is 1. The van der Waals surface area contributed by atoms with Gasteiger partial charge in [-0.2, -0.15) is 0 Å². The molecular weight excluding hydrogens is 208 g/mol. The van der Waals surface area contributed by atoms with Crippen LogP contribution in [0.25, 0.3) is 0 Å². The van der Waals surface area contributed by atoms with Crippen LogP contribution < -0.4 is 10.6 Å². The standard InChI is InChI=1S/C11H12N2O3/c1-16-11(15)7-2-3-9-8(6-7)10(14)13-5-4-12-9/h2-3,6,12H,4-5H2,1H3,(H,13,14). The van der Waals surface area contributed by atoms with Crippen LogP contribution in [0.15, 0.2) is 18.2 Å². The lowest BCUT2D eigenvalue weighted by atomic mass is 10.1. The topological polar surface area (TPSA) is 67.4 Å². The molecule has 1 aromatic carbocycles. The Balaban J connectivity index is 2.43. The van der Waals surface area contributed by atoms with E-state index in [0.717, 1.165) is 5.69 Å². The highest BCUT2D eigenvalue weighted by molar-refractivity contribution is 6.02. The third-order valence-corrected chi connectivity index (χ3v) is 2.41. The van der Waals surface area contributed by atoms with Gasteiger partial charge in [0, 0.05) is 18.8 Å². The van der Waals surface area contributed by atoms with E-state index in [1.807, 2.05) is 0 Å². The van der Waals surface area contributed by atoms with Crippen LogP contribution in [0, 0.1) is 0 Å². The molecule has 0 bridgehead atoms. The van der Waals surface area contributed by atoms with Gasteiger partial charge in [0.1, 0.15) is 0 Å². The maximum atomic E-state index is 11.7. The van der Waals surface area contributed by atoms with Gasteiger partial charge < -0.3 is 15.4 Å². The van der Waals surface area contributed by atoms with Crippen LogP contribution in [-0.4, -0.2) is 32.1 Å². The maximum Gasteiger partial charge on any atom is 0.337 e. The normalized spacial score (nSPS) is 14.2. The van der Waals surface area contributed by atoms with Crippen molar-refractivity contribution in [3.8, 4) is 0 Å². The Labute approximate surface area is 92.8 Å². The van der Waals surface area contributed by atoms with E-state index in [1.165, 1.54) is 13.2 Å². The molecule has 0 unspecified atom stereocenters. The van der Waals surface area contributed by atoms with E-state index < -0.39 is 5.97 Å². The van der Waals surface area contributed by atoms with E-state index in [4.69, 9.17) is 0 Å². The number of hydrogen-bond acceptors (Lipinski definition) is 4. The van der Waals surface area contributed by atoms with Gasteiger partial charge in [0.25, 0.3) is 5.91 Å². The summed E-state index contributed by atoms with van der Waals surface area (Å²) in [5.41, 5.74) is 1.59. The SMILES string of the molecule is COC(=O)c1ccc2c(c1)C(=O)NCCN2. The zero-order chi connectivity index (χ0) is 11.5. The average Bonchev–Trinajstić information content (AvgIpc) is 2.50. The molecule has 1 aromatic rings. The minimum absolute atomic E-state index is 0.175. The van der Waals surface area contributed by atoms with E-state index in [0.29, 0.717) is 24.2 Å². The van der Waals surface area contributed by atoms with Crippen LogP contribution in [-0.2, 0) is 4.74 Å². The second kappa shape index (κ2) is 4.22. The van der Waals surface area contributed by atoms with Crippen LogP contribution in [0.3, 0.4) is 0 Å². The fourth-order valence-corrected chi connectivity index (χ4v) is 1.60. The summed E-state index contributed by atoms with van der Waals surface area (Å²) in [6, 6.07) is 4.89. The molecule has 5 heteroatoms. The third kappa shape index (κ3) is 1.84. The Bertz CT molecular complexity index is 443. The number of fused-ring (bicyclic) bond motifs is 1. The van der Waals surface area contributed by atoms with Crippen molar-refractivity contribution >= 4 is 17.6 Å². The molecule has 1 aliphatic heterocycles. The number of ether oxygens (including phenoxy) is 1. The van der Waals surface area contributed by atoms with E-state index >= 15 is 0 Å². The van der Waals surface area contributed by atoms with Crippen LogP contribution in [0.5, 0.6) is 0 Å². The van der Waals surface area contributed by atoms with Crippen LogP contribution in [0.1, 0.15) is 20.7 Å². The molecule has 0 saturated heterocycles. The molecule has 1 aliphatic rings.